The number of fused-ring (bicyclic) bond motifs is 1. The Morgan fingerprint density at radius 1 is 1.35 bits per heavy atom. The maximum Gasteiger partial charge on any atom is 0.245 e. The van der Waals surface area contributed by atoms with Gasteiger partial charge in [0, 0.05) is 21.4 Å². The minimum absolute atomic E-state index is 0.173. The van der Waals surface area contributed by atoms with Crippen molar-refractivity contribution in [2.75, 3.05) is 5.32 Å². The number of benzene rings is 1. The maximum absolute atomic E-state index is 11.6. The monoisotopic (exact) mass is 334 g/mol. The molecule has 1 atom stereocenters. The van der Waals surface area contributed by atoms with Crippen LogP contribution in [-0.4, -0.2) is 15.7 Å². The summed E-state index contributed by atoms with van der Waals surface area (Å²) in [5.74, 6) is -0.173. The molecule has 0 radical (unpaired) electrons. The van der Waals surface area contributed by atoms with Crippen LogP contribution in [0, 0.1) is 20.8 Å². The van der Waals surface area contributed by atoms with Gasteiger partial charge in [-0.3, -0.25) is 4.79 Å². The molecule has 3 rings (SSSR count). The summed E-state index contributed by atoms with van der Waals surface area (Å²) in [6.07, 6.45) is 0. The highest BCUT2D eigenvalue weighted by Gasteiger charge is 2.28. The van der Waals surface area contributed by atoms with E-state index in [0.717, 1.165) is 38.4 Å². The number of amides is 1. The molecule has 0 fully saturated rings. The lowest BCUT2D eigenvalue weighted by molar-refractivity contribution is -0.116. The Morgan fingerprint density at radius 2 is 2.05 bits per heavy atom. The predicted octanol–water partition coefficient (Wildman–Crippen LogP) is 2.51. The third kappa shape index (κ3) is 1.79. The predicted molar refractivity (Wildman–Crippen MR) is 81.0 cm³/mol. The fraction of sp³-hybridized carbons (Fsp3) is 0.286. The van der Waals surface area contributed by atoms with Crippen molar-refractivity contribution in [1.29, 1.82) is 0 Å². The molecule has 20 heavy (non-hydrogen) atoms. The second-order valence-electron chi connectivity index (χ2n) is 5.07. The van der Waals surface area contributed by atoms with Gasteiger partial charge in [-0.15, -0.1) is 0 Å². The number of nitrogens with two attached hydrogens (primary N) is 1. The van der Waals surface area contributed by atoms with Gasteiger partial charge in [0.15, 0.2) is 0 Å². The summed E-state index contributed by atoms with van der Waals surface area (Å²) in [6.45, 7) is 6.06. The summed E-state index contributed by atoms with van der Waals surface area (Å²) >= 11 is 3.55. The molecule has 1 unspecified atom stereocenters. The zero-order valence-corrected chi connectivity index (χ0v) is 13.1. The van der Waals surface area contributed by atoms with E-state index in [4.69, 9.17) is 5.73 Å². The first-order chi connectivity index (χ1) is 9.40. The van der Waals surface area contributed by atoms with Crippen LogP contribution in [0.3, 0.4) is 0 Å². The molecule has 1 amide bonds. The SMILES string of the molecule is Cc1nn(-c2cc3c(cc2Br)C(N)C(=O)N3)c(C)c1C. The van der Waals surface area contributed by atoms with Gasteiger partial charge in [0.1, 0.15) is 6.04 Å². The van der Waals surface area contributed by atoms with Crippen molar-refractivity contribution >= 4 is 27.5 Å². The minimum atomic E-state index is -0.599. The Labute approximate surface area is 125 Å². The van der Waals surface area contributed by atoms with E-state index in [1.165, 1.54) is 0 Å². The number of hydrogen-bond acceptors (Lipinski definition) is 3. The van der Waals surface area contributed by atoms with E-state index in [-0.39, 0.29) is 5.91 Å². The molecule has 6 heteroatoms. The molecule has 0 saturated carbocycles. The summed E-state index contributed by atoms with van der Waals surface area (Å²) in [5, 5.41) is 7.35. The van der Waals surface area contributed by atoms with Crippen LogP contribution in [0.5, 0.6) is 0 Å². The summed E-state index contributed by atoms with van der Waals surface area (Å²) in [7, 11) is 0. The van der Waals surface area contributed by atoms with Gasteiger partial charge in [0.2, 0.25) is 5.91 Å². The molecule has 5 nitrogen and oxygen atoms in total. The van der Waals surface area contributed by atoms with Gasteiger partial charge in [-0.05, 0) is 54.4 Å². The second-order valence-corrected chi connectivity index (χ2v) is 5.92. The molecule has 104 valence electrons. The normalized spacial score (nSPS) is 17.2. The number of nitrogens with one attached hydrogen (secondary N) is 1. The molecule has 2 aromatic rings. The largest absolute Gasteiger partial charge is 0.324 e. The zero-order valence-electron chi connectivity index (χ0n) is 11.5. The van der Waals surface area contributed by atoms with Crippen LogP contribution in [0.25, 0.3) is 5.69 Å². The number of aryl methyl sites for hydroxylation is 1. The number of carbonyl (C=O) groups excluding carboxylic acids is 1. The first-order valence-corrected chi connectivity index (χ1v) is 7.12. The molecule has 1 aliphatic heterocycles. The first-order valence-electron chi connectivity index (χ1n) is 6.33. The van der Waals surface area contributed by atoms with Crippen molar-refractivity contribution in [3.63, 3.8) is 0 Å². The average molecular weight is 335 g/mol. The summed E-state index contributed by atoms with van der Waals surface area (Å²) < 4.78 is 2.75. The topological polar surface area (TPSA) is 72.9 Å². The highest BCUT2D eigenvalue weighted by Crippen LogP contribution is 2.36. The molecule has 0 bridgehead atoms. The van der Waals surface area contributed by atoms with Crippen molar-refractivity contribution in [3.8, 4) is 5.69 Å². The van der Waals surface area contributed by atoms with E-state index in [1.54, 1.807) is 0 Å². The third-order valence-electron chi connectivity index (χ3n) is 3.88. The Hall–Kier alpha value is -1.66. The molecule has 0 spiro atoms. The first kappa shape index (κ1) is 13.3. The van der Waals surface area contributed by atoms with Gasteiger partial charge in [-0.25, -0.2) is 4.68 Å². The Balaban J connectivity index is 2.19. The molecule has 1 aromatic heterocycles. The molecule has 2 heterocycles. The lowest BCUT2D eigenvalue weighted by Gasteiger charge is -2.10. The summed E-state index contributed by atoms with van der Waals surface area (Å²) in [4.78, 5) is 11.6. The molecule has 1 aromatic carbocycles. The Kier molecular flexibility index (Phi) is 2.95. The molecular formula is C14H15BrN4O. The minimum Gasteiger partial charge on any atom is -0.324 e. The van der Waals surface area contributed by atoms with E-state index in [0.29, 0.717) is 0 Å². The van der Waals surface area contributed by atoms with Crippen molar-refractivity contribution in [2.24, 2.45) is 5.73 Å². The van der Waals surface area contributed by atoms with Crippen LogP contribution in [-0.2, 0) is 4.79 Å². The Morgan fingerprint density at radius 3 is 2.65 bits per heavy atom. The van der Waals surface area contributed by atoms with Gasteiger partial charge in [-0.1, -0.05) is 0 Å². The van der Waals surface area contributed by atoms with Crippen molar-refractivity contribution in [3.05, 3.63) is 39.1 Å². The Bertz CT molecular complexity index is 735. The number of nitrogens with zero attached hydrogens (tertiary/aromatic N) is 2. The average Bonchev–Trinajstić information content (AvgIpc) is 2.82. The lowest BCUT2D eigenvalue weighted by Crippen LogP contribution is -2.19. The van der Waals surface area contributed by atoms with E-state index < -0.39 is 6.04 Å². The number of aromatic nitrogens is 2. The second kappa shape index (κ2) is 4.43. The van der Waals surface area contributed by atoms with Gasteiger partial charge in [0.05, 0.1) is 11.4 Å². The summed E-state index contributed by atoms with van der Waals surface area (Å²) in [5.41, 5.74) is 11.6. The van der Waals surface area contributed by atoms with Gasteiger partial charge < -0.3 is 11.1 Å². The van der Waals surface area contributed by atoms with Crippen LogP contribution < -0.4 is 11.1 Å². The molecule has 0 aliphatic carbocycles. The number of anilines is 1. The number of halogens is 1. The quantitative estimate of drug-likeness (QED) is 0.841. The van der Waals surface area contributed by atoms with Crippen LogP contribution >= 0.6 is 15.9 Å². The lowest BCUT2D eigenvalue weighted by atomic mass is 10.1. The fourth-order valence-electron chi connectivity index (χ4n) is 2.41. The van der Waals surface area contributed by atoms with Crippen LogP contribution in [0.2, 0.25) is 0 Å². The van der Waals surface area contributed by atoms with Gasteiger partial charge >= 0.3 is 0 Å². The zero-order chi connectivity index (χ0) is 14.6. The molecule has 1 aliphatic rings. The van der Waals surface area contributed by atoms with E-state index in [9.17, 15) is 4.79 Å². The van der Waals surface area contributed by atoms with Crippen molar-refractivity contribution in [1.82, 2.24) is 9.78 Å². The molecule has 0 saturated heterocycles. The maximum atomic E-state index is 11.6. The standard InChI is InChI=1S/C14H15BrN4O/c1-6-7(2)18-19(8(6)3)12-5-11-9(4-10(12)15)13(16)14(20)17-11/h4-5,13H,16H2,1-3H3,(H,17,20). The van der Waals surface area contributed by atoms with Crippen molar-refractivity contribution in [2.45, 2.75) is 26.8 Å². The fourth-order valence-corrected chi connectivity index (χ4v) is 2.94. The number of carbonyl (C=O) groups is 1. The molecular weight excluding hydrogens is 320 g/mol. The van der Waals surface area contributed by atoms with Gasteiger partial charge in [0.25, 0.3) is 0 Å². The van der Waals surface area contributed by atoms with Crippen LogP contribution in [0.15, 0.2) is 16.6 Å². The van der Waals surface area contributed by atoms with E-state index >= 15 is 0 Å². The van der Waals surface area contributed by atoms with E-state index in [1.807, 2.05) is 37.6 Å². The summed E-state index contributed by atoms with van der Waals surface area (Å²) in [6, 6.07) is 3.19. The van der Waals surface area contributed by atoms with E-state index in [2.05, 4.69) is 26.3 Å². The van der Waals surface area contributed by atoms with Gasteiger partial charge in [-0.2, -0.15) is 5.10 Å². The third-order valence-corrected chi connectivity index (χ3v) is 4.51. The number of rotatable bonds is 1. The van der Waals surface area contributed by atoms with Crippen LogP contribution in [0.4, 0.5) is 5.69 Å². The molecule has 3 N–H and O–H groups in total. The smallest absolute Gasteiger partial charge is 0.245 e. The van der Waals surface area contributed by atoms with Crippen molar-refractivity contribution < 1.29 is 4.79 Å². The number of hydrogen-bond donors (Lipinski definition) is 2. The van der Waals surface area contributed by atoms with Crippen LogP contribution in [0.1, 0.15) is 28.6 Å². The highest BCUT2D eigenvalue weighted by atomic mass is 79.9. The highest BCUT2D eigenvalue weighted by molar-refractivity contribution is 9.10.